The van der Waals surface area contributed by atoms with Crippen LogP contribution >= 0.6 is 12.6 Å². The number of rotatable bonds is 5. The second-order valence-electron chi connectivity index (χ2n) is 5.44. The van der Waals surface area contributed by atoms with Gasteiger partial charge in [-0.25, -0.2) is 0 Å². The van der Waals surface area contributed by atoms with Gasteiger partial charge in [0.05, 0.1) is 6.61 Å². The molecule has 1 heterocycles. The van der Waals surface area contributed by atoms with Crippen molar-refractivity contribution in [1.29, 1.82) is 0 Å². The van der Waals surface area contributed by atoms with E-state index in [0.29, 0.717) is 5.41 Å². The summed E-state index contributed by atoms with van der Waals surface area (Å²) in [6, 6.07) is 0. The van der Waals surface area contributed by atoms with E-state index in [4.69, 9.17) is 4.74 Å². The molecule has 2 fully saturated rings. The third kappa shape index (κ3) is 3.36. The van der Waals surface area contributed by atoms with E-state index in [1.54, 1.807) is 0 Å². The Morgan fingerprint density at radius 1 is 1.47 bits per heavy atom. The summed E-state index contributed by atoms with van der Waals surface area (Å²) < 4.78 is 5.51. The zero-order valence-corrected chi connectivity index (χ0v) is 10.6. The Kier molecular flexibility index (Phi) is 3.97. The van der Waals surface area contributed by atoms with Crippen molar-refractivity contribution in [2.45, 2.75) is 25.7 Å². The highest BCUT2D eigenvalue weighted by Crippen LogP contribution is 2.46. The first kappa shape index (κ1) is 11.7. The van der Waals surface area contributed by atoms with Gasteiger partial charge < -0.3 is 9.64 Å². The molecule has 0 aromatic rings. The van der Waals surface area contributed by atoms with E-state index < -0.39 is 0 Å². The topological polar surface area (TPSA) is 12.5 Å². The quantitative estimate of drug-likeness (QED) is 0.725. The second kappa shape index (κ2) is 5.07. The fraction of sp³-hybridized carbons (Fsp3) is 1.00. The monoisotopic (exact) mass is 229 g/mol. The molecule has 1 aliphatic heterocycles. The Morgan fingerprint density at radius 3 is 2.80 bits per heavy atom. The number of thiol groups is 1. The predicted octanol–water partition coefficient (Wildman–Crippen LogP) is 2.05. The molecule has 1 aliphatic carbocycles. The summed E-state index contributed by atoms with van der Waals surface area (Å²) in [5.74, 6) is 1.82. The van der Waals surface area contributed by atoms with Crippen molar-refractivity contribution in [3.8, 4) is 0 Å². The molecule has 1 unspecified atom stereocenters. The van der Waals surface area contributed by atoms with E-state index in [0.717, 1.165) is 24.9 Å². The van der Waals surface area contributed by atoms with Gasteiger partial charge in [-0.15, -0.1) is 0 Å². The molecule has 1 saturated carbocycles. The molecule has 0 N–H and O–H groups in total. The van der Waals surface area contributed by atoms with E-state index in [1.807, 2.05) is 0 Å². The highest BCUT2D eigenvalue weighted by Gasteiger charge is 2.41. The molecule has 2 aliphatic rings. The molecule has 0 aromatic heterocycles. The molecule has 2 nitrogen and oxygen atoms in total. The fourth-order valence-corrected chi connectivity index (χ4v) is 2.99. The molecule has 0 amide bonds. The Bertz CT molecular complexity index is 200. The maximum Gasteiger partial charge on any atom is 0.0506 e. The lowest BCUT2D eigenvalue weighted by atomic mass is 10.0. The molecule has 0 spiro atoms. The molecular weight excluding hydrogens is 206 g/mol. The van der Waals surface area contributed by atoms with Gasteiger partial charge >= 0.3 is 0 Å². The number of hydrogen-bond acceptors (Lipinski definition) is 3. The summed E-state index contributed by atoms with van der Waals surface area (Å²) in [4.78, 5) is 2.49. The van der Waals surface area contributed by atoms with Crippen molar-refractivity contribution in [2.75, 3.05) is 39.1 Å². The van der Waals surface area contributed by atoms with Crippen LogP contribution in [0.4, 0.5) is 0 Å². The van der Waals surface area contributed by atoms with Crippen LogP contribution < -0.4 is 0 Å². The van der Waals surface area contributed by atoms with Crippen molar-refractivity contribution >= 4 is 12.6 Å². The summed E-state index contributed by atoms with van der Waals surface area (Å²) in [6.45, 7) is 4.38. The fourth-order valence-electron chi connectivity index (χ4n) is 2.57. The summed E-state index contributed by atoms with van der Waals surface area (Å²) in [7, 11) is 2.25. The molecule has 15 heavy (non-hydrogen) atoms. The smallest absolute Gasteiger partial charge is 0.0506 e. The third-order valence-electron chi connectivity index (χ3n) is 3.72. The second-order valence-corrected chi connectivity index (χ2v) is 5.75. The van der Waals surface area contributed by atoms with Gasteiger partial charge in [0, 0.05) is 19.7 Å². The summed E-state index contributed by atoms with van der Waals surface area (Å²) in [5.41, 5.74) is 0.563. The van der Waals surface area contributed by atoms with Crippen molar-refractivity contribution in [2.24, 2.45) is 11.3 Å². The van der Waals surface area contributed by atoms with Crippen LogP contribution in [-0.4, -0.2) is 44.0 Å². The standard InChI is InChI=1S/C12H23NOS/c1-13(9-12(10-15)4-5-12)7-11-3-2-6-14-8-11/h11,15H,2-10H2,1H3. The Morgan fingerprint density at radius 2 is 2.27 bits per heavy atom. The van der Waals surface area contributed by atoms with Gasteiger partial charge in [0.1, 0.15) is 0 Å². The maximum absolute atomic E-state index is 5.51. The minimum absolute atomic E-state index is 0.563. The van der Waals surface area contributed by atoms with Gasteiger partial charge in [-0.3, -0.25) is 0 Å². The molecular formula is C12H23NOS. The number of ether oxygens (including phenoxy) is 1. The normalized spacial score (nSPS) is 29.4. The predicted molar refractivity (Wildman–Crippen MR) is 66.6 cm³/mol. The van der Waals surface area contributed by atoms with Gasteiger partial charge in [-0.05, 0) is 49.8 Å². The van der Waals surface area contributed by atoms with Crippen LogP contribution in [0.3, 0.4) is 0 Å². The van der Waals surface area contributed by atoms with E-state index in [9.17, 15) is 0 Å². The lowest BCUT2D eigenvalue weighted by Gasteiger charge is -2.29. The van der Waals surface area contributed by atoms with Crippen molar-refractivity contribution in [3.05, 3.63) is 0 Å². The van der Waals surface area contributed by atoms with Gasteiger partial charge in [0.25, 0.3) is 0 Å². The molecule has 2 rings (SSSR count). The highest BCUT2D eigenvalue weighted by atomic mass is 32.1. The Hall–Kier alpha value is 0.270. The lowest BCUT2D eigenvalue weighted by Crippen LogP contribution is -2.35. The molecule has 0 radical (unpaired) electrons. The first-order valence-electron chi connectivity index (χ1n) is 6.11. The summed E-state index contributed by atoms with van der Waals surface area (Å²) >= 11 is 4.45. The lowest BCUT2D eigenvalue weighted by molar-refractivity contribution is 0.0400. The molecule has 0 aromatic carbocycles. The van der Waals surface area contributed by atoms with Gasteiger partial charge in [0.15, 0.2) is 0 Å². The average Bonchev–Trinajstić information content (AvgIpc) is 3.00. The van der Waals surface area contributed by atoms with E-state index >= 15 is 0 Å². The van der Waals surface area contributed by atoms with Gasteiger partial charge in [-0.2, -0.15) is 12.6 Å². The molecule has 3 heteroatoms. The van der Waals surface area contributed by atoms with Crippen LogP contribution in [0, 0.1) is 11.3 Å². The zero-order chi connectivity index (χ0) is 10.7. The Balaban J connectivity index is 1.69. The maximum atomic E-state index is 5.51. The van der Waals surface area contributed by atoms with Gasteiger partial charge in [0.2, 0.25) is 0 Å². The average molecular weight is 229 g/mol. The summed E-state index contributed by atoms with van der Waals surface area (Å²) in [5, 5.41) is 0. The first-order chi connectivity index (χ1) is 7.24. The SMILES string of the molecule is CN(CC1CCCOC1)CC1(CS)CC1. The minimum Gasteiger partial charge on any atom is -0.381 e. The van der Waals surface area contributed by atoms with E-state index in [1.165, 1.54) is 38.8 Å². The van der Waals surface area contributed by atoms with Crippen LogP contribution in [0.25, 0.3) is 0 Å². The van der Waals surface area contributed by atoms with Crippen LogP contribution in [-0.2, 0) is 4.74 Å². The van der Waals surface area contributed by atoms with Crippen LogP contribution in [0.2, 0.25) is 0 Å². The molecule has 88 valence electrons. The molecule has 0 bridgehead atoms. The van der Waals surface area contributed by atoms with Crippen molar-refractivity contribution in [3.63, 3.8) is 0 Å². The van der Waals surface area contributed by atoms with E-state index in [-0.39, 0.29) is 0 Å². The van der Waals surface area contributed by atoms with Crippen molar-refractivity contribution < 1.29 is 4.74 Å². The first-order valence-corrected chi connectivity index (χ1v) is 6.74. The summed E-state index contributed by atoms with van der Waals surface area (Å²) in [6.07, 6.45) is 5.35. The Labute approximate surface area is 98.8 Å². The van der Waals surface area contributed by atoms with Crippen LogP contribution in [0.1, 0.15) is 25.7 Å². The third-order valence-corrected chi connectivity index (χ3v) is 4.39. The van der Waals surface area contributed by atoms with Crippen LogP contribution in [0.15, 0.2) is 0 Å². The van der Waals surface area contributed by atoms with Crippen molar-refractivity contribution in [1.82, 2.24) is 4.90 Å². The zero-order valence-electron chi connectivity index (χ0n) is 9.74. The van der Waals surface area contributed by atoms with E-state index in [2.05, 4.69) is 24.6 Å². The van der Waals surface area contributed by atoms with Crippen LogP contribution in [0.5, 0.6) is 0 Å². The highest BCUT2D eigenvalue weighted by molar-refractivity contribution is 7.80. The van der Waals surface area contributed by atoms with Gasteiger partial charge in [-0.1, -0.05) is 0 Å². The minimum atomic E-state index is 0.563. The largest absolute Gasteiger partial charge is 0.381 e. The number of hydrogen-bond donors (Lipinski definition) is 1. The molecule has 1 atom stereocenters. The molecule has 1 saturated heterocycles. The number of nitrogens with zero attached hydrogens (tertiary/aromatic N) is 1.